The molecule has 0 aromatic carbocycles. The van der Waals surface area contributed by atoms with E-state index in [0.717, 1.165) is 4.57 Å². The number of nitrogens with zero attached hydrogens (tertiary/aromatic N) is 4. The number of hydrogen-bond acceptors (Lipinski definition) is 7. The SMILES string of the molecule is CC(C)Cn1c(N)c(-c2csc(Nc3ccccn3)n2)c(=O)n(C)c1=O. The van der Waals surface area contributed by atoms with Gasteiger partial charge in [-0.2, -0.15) is 0 Å². The van der Waals surface area contributed by atoms with Gasteiger partial charge in [-0.05, 0) is 18.1 Å². The van der Waals surface area contributed by atoms with Gasteiger partial charge in [-0.25, -0.2) is 14.8 Å². The van der Waals surface area contributed by atoms with Crippen molar-refractivity contribution in [1.29, 1.82) is 0 Å². The van der Waals surface area contributed by atoms with Crippen molar-refractivity contribution in [3.63, 3.8) is 0 Å². The van der Waals surface area contributed by atoms with Crippen LogP contribution in [0.4, 0.5) is 16.8 Å². The fourth-order valence-corrected chi connectivity index (χ4v) is 3.27. The monoisotopic (exact) mass is 372 g/mol. The third kappa shape index (κ3) is 3.38. The molecule has 3 N–H and O–H groups in total. The summed E-state index contributed by atoms with van der Waals surface area (Å²) >= 11 is 1.33. The predicted octanol–water partition coefficient (Wildman–Crippen LogP) is 2.05. The van der Waals surface area contributed by atoms with Crippen molar-refractivity contribution in [2.24, 2.45) is 13.0 Å². The van der Waals surface area contributed by atoms with Gasteiger partial charge < -0.3 is 11.1 Å². The summed E-state index contributed by atoms with van der Waals surface area (Å²) in [6.45, 7) is 4.39. The van der Waals surface area contributed by atoms with E-state index in [0.29, 0.717) is 23.2 Å². The summed E-state index contributed by atoms with van der Waals surface area (Å²) in [4.78, 5) is 33.6. The van der Waals surface area contributed by atoms with E-state index in [1.807, 2.05) is 32.0 Å². The van der Waals surface area contributed by atoms with Gasteiger partial charge in [0, 0.05) is 25.2 Å². The molecule has 26 heavy (non-hydrogen) atoms. The lowest BCUT2D eigenvalue weighted by Crippen LogP contribution is -2.41. The first-order valence-electron chi connectivity index (χ1n) is 8.11. The minimum Gasteiger partial charge on any atom is -0.384 e. The van der Waals surface area contributed by atoms with Crippen molar-refractivity contribution in [1.82, 2.24) is 19.1 Å². The number of thiazole rings is 1. The zero-order valence-corrected chi connectivity index (χ0v) is 15.6. The third-order valence-electron chi connectivity index (χ3n) is 3.79. The van der Waals surface area contributed by atoms with Crippen LogP contribution >= 0.6 is 11.3 Å². The number of aromatic nitrogens is 4. The van der Waals surface area contributed by atoms with Crippen molar-refractivity contribution in [3.8, 4) is 11.3 Å². The number of nitrogens with one attached hydrogen (secondary N) is 1. The molecule has 0 saturated carbocycles. The second kappa shape index (κ2) is 7.12. The van der Waals surface area contributed by atoms with Crippen LogP contribution in [-0.4, -0.2) is 19.1 Å². The Labute approximate surface area is 154 Å². The average Bonchev–Trinajstić information content (AvgIpc) is 3.06. The van der Waals surface area contributed by atoms with Crippen LogP contribution in [0.25, 0.3) is 11.3 Å². The molecule has 0 amide bonds. The molecule has 3 aromatic heterocycles. The molecule has 3 rings (SSSR count). The number of nitrogens with two attached hydrogens (primary N) is 1. The molecule has 0 aliphatic heterocycles. The Morgan fingerprint density at radius 2 is 2.08 bits per heavy atom. The van der Waals surface area contributed by atoms with Gasteiger partial charge in [0.25, 0.3) is 5.56 Å². The number of pyridine rings is 1. The van der Waals surface area contributed by atoms with Gasteiger partial charge in [-0.3, -0.25) is 13.9 Å². The van der Waals surface area contributed by atoms with Gasteiger partial charge in [0.2, 0.25) is 0 Å². The number of hydrogen-bond donors (Lipinski definition) is 2. The first-order chi connectivity index (χ1) is 12.4. The molecule has 0 spiro atoms. The fourth-order valence-electron chi connectivity index (χ4n) is 2.56. The van der Waals surface area contributed by atoms with Crippen LogP contribution in [0.1, 0.15) is 13.8 Å². The summed E-state index contributed by atoms with van der Waals surface area (Å²) < 4.78 is 2.49. The molecular weight excluding hydrogens is 352 g/mol. The number of anilines is 3. The van der Waals surface area contributed by atoms with Crippen molar-refractivity contribution < 1.29 is 0 Å². The Kier molecular flexibility index (Phi) is 4.90. The second-order valence-corrected chi connectivity index (χ2v) is 7.15. The van der Waals surface area contributed by atoms with Crippen molar-refractivity contribution in [2.45, 2.75) is 20.4 Å². The standard InChI is InChI=1S/C17H20N6O2S/c1-10(2)8-23-14(18)13(15(24)22(3)17(23)25)11-9-26-16(20-11)21-12-6-4-5-7-19-12/h4-7,9-10H,8,18H2,1-3H3,(H,19,20,21). The van der Waals surface area contributed by atoms with E-state index in [2.05, 4.69) is 15.3 Å². The van der Waals surface area contributed by atoms with Crippen molar-refractivity contribution in [3.05, 3.63) is 50.6 Å². The van der Waals surface area contributed by atoms with Crippen LogP contribution in [0.3, 0.4) is 0 Å². The highest BCUT2D eigenvalue weighted by Gasteiger charge is 2.19. The van der Waals surface area contributed by atoms with E-state index in [-0.39, 0.29) is 17.3 Å². The molecule has 0 radical (unpaired) electrons. The molecule has 9 heteroatoms. The maximum absolute atomic E-state index is 12.6. The summed E-state index contributed by atoms with van der Waals surface area (Å²) in [5.74, 6) is 0.998. The lowest BCUT2D eigenvalue weighted by Gasteiger charge is -2.15. The Morgan fingerprint density at radius 1 is 1.31 bits per heavy atom. The molecule has 0 unspecified atom stereocenters. The molecule has 0 bridgehead atoms. The molecule has 0 aliphatic carbocycles. The van der Waals surface area contributed by atoms with Gasteiger partial charge >= 0.3 is 5.69 Å². The zero-order chi connectivity index (χ0) is 18.8. The highest BCUT2D eigenvalue weighted by atomic mass is 32.1. The van der Waals surface area contributed by atoms with E-state index in [1.165, 1.54) is 23.0 Å². The normalized spacial score (nSPS) is 11.1. The van der Waals surface area contributed by atoms with Crippen LogP contribution in [0.15, 0.2) is 39.4 Å². The molecule has 3 heterocycles. The lowest BCUT2D eigenvalue weighted by atomic mass is 10.2. The summed E-state index contributed by atoms with van der Waals surface area (Å²) in [5.41, 5.74) is 5.97. The molecule has 136 valence electrons. The number of rotatable bonds is 5. The molecule has 0 atom stereocenters. The van der Waals surface area contributed by atoms with Crippen molar-refractivity contribution >= 4 is 28.1 Å². The van der Waals surface area contributed by atoms with Crippen molar-refractivity contribution in [2.75, 3.05) is 11.1 Å². The quantitative estimate of drug-likeness (QED) is 0.710. The van der Waals surface area contributed by atoms with Crippen LogP contribution in [0.2, 0.25) is 0 Å². The largest absolute Gasteiger partial charge is 0.384 e. The van der Waals surface area contributed by atoms with E-state index in [4.69, 9.17) is 5.73 Å². The summed E-state index contributed by atoms with van der Waals surface area (Å²) in [6.07, 6.45) is 1.67. The smallest absolute Gasteiger partial charge is 0.332 e. The number of nitrogen functional groups attached to an aromatic ring is 1. The lowest BCUT2D eigenvalue weighted by molar-refractivity contribution is 0.494. The van der Waals surface area contributed by atoms with Crippen LogP contribution in [-0.2, 0) is 13.6 Å². The molecule has 0 fully saturated rings. The Balaban J connectivity index is 2.06. The minimum absolute atomic E-state index is 0.140. The molecule has 0 aliphatic rings. The second-order valence-electron chi connectivity index (χ2n) is 6.29. The van der Waals surface area contributed by atoms with Gasteiger partial charge in [0.15, 0.2) is 5.13 Å². The Hall–Kier alpha value is -2.94. The van der Waals surface area contributed by atoms with Crippen LogP contribution in [0.5, 0.6) is 0 Å². The Bertz CT molecular complexity index is 1040. The first-order valence-corrected chi connectivity index (χ1v) is 8.99. The highest BCUT2D eigenvalue weighted by Crippen LogP contribution is 2.27. The van der Waals surface area contributed by atoms with Gasteiger partial charge in [-0.15, -0.1) is 11.3 Å². The van der Waals surface area contributed by atoms with Crippen LogP contribution < -0.4 is 22.3 Å². The predicted molar refractivity (Wildman–Crippen MR) is 104 cm³/mol. The summed E-state index contributed by atoms with van der Waals surface area (Å²) in [6, 6.07) is 5.50. The molecule has 0 saturated heterocycles. The molecular formula is C17H20N6O2S. The van der Waals surface area contributed by atoms with E-state index in [1.54, 1.807) is 11.6 Å². The minimum atomic E-state index is -0.456. The summed E-state index contributed by atoms with van der Waals surface area (Å²) in [7, 11) is 1.45. The average molecular weight is 372 g/mol. The summed E-state index contributed by atoms with van der Waals surface area (Å²) in [5, 5.41) is 5.41. The zero-order valence-electron chi connectivity index (χ0n) is 14.8. The first kappa shape index (κ1) is 17.9. The Morgan fingerprint density at radius 3 is 2.73 bits per heavy atom. The van der Waals surface area contributed by atoms with Gasteiger partial charge in [0.05, 0.1) is 5.69 Å². The maximum Gasteiger partial charge on any atom is 0.332 e. The third-order valence-corrected chi connectivity index (χ3v) is 4.55. The molecule has 3 aromatic rings. The van der Waals surface area contributed by atoms with Gasteiger partial charge in [0.1, 0.15) is 17.2 Å². The maximum atomic E-state index is 12.6. The van der Waals surface area contributed by atoms with E-state index >= 15 is 0 Å². The highest BCUT2D eigenvalue weighted by molar-refractivity contribution is 7.14. The fraction of sp³-hybridized carbons (Fsp3) is 0.294. The van der Waals surface area contributed by atoms with E-state index < -0.39 is 11.2 Å². The van der Waals surface area contributed by atoms with Gasteiger partial charge in [-0.1, -0.05) is 19.9 Å². The molecule has 8 nitrogen and oxygen atoms in total. The van der Waals surface area contributed by atoms with E-state index in [9.17, 15) is 9.59 Å². The van der Waals surface area contributed by atoms with Crippen LogP contribution in [0, 0.1) is 5.92 Å². The topological polar surface area (TPSA) is 108 Å².